The lowest BCUT2D eigenvalue weighted by atomic mass is 10.2. The molecule has 9 heteroatoms. The number of nitrogens with zero attached hydrogens (tertiary/aromatic N) is 2. The Balaban J connectivity index is 1.33. The molecule has 2 aromatic heterocycles. The number of hydrogen-bond donors (Lipinski definition) is 3. The van der Waals surface area contributed by atoms with Crippen molar-refractivity contribution < 1.29 is 14.2 Å². The average molecular weight is 373 g/mol. The van der Waals surface area contributed by atoms with Crippen LogP contribution < -0.4 is 21.1 Å². The van der Waals surface area contributed by atoms with Gasteiger partial charge in [0.1, 0.15) is 12.4 Å². The fourth-order valence-corrected chi connectivity index (χ4v) is 2.80. The maximum Gasteiger partial charge on any atom is 0.277 e. The third-order valence-corrected chi connectivity index (χ3v) is 4.38. The highest BCUT2D eigenvalue weighted by Gasteiger charge is 2.14. The summed E-state index contributed by atoms with van der Waals surface area (Å²) in [6.45, 7) is 2.32. The SMILES string of the molecule is Nc1nonc1C(=O)NCCNCc1ccc(OCc2cccs2)cc1. The van der Waals surface area contributed by atoms with Crippen molar-refractivity contribution in [3.63, 3.8) is 0 Å². The number of benzene rings is 1. The molecule has 0 bridgehead atoms. The number of hydrogen-bond acceptors (Lipinski definition) is 8. The monoisotopic (exact) mass is 373 g/mol. The molecule has 3 rings (SSSR count). The highest BCUT2D eigenvalue weighted by atomic mass is 32.1. The fraction of sp³-hybridized carbons (Fsp3) is 0.235. The van der Waals surface area contributed by atoms with Crippen LogP contribution in [0.4, 0.5) is 5.82 Å². The van der Waals surface area contributed by atoms with E-state index < -0.39 is 5.91 Å². The highest BCUT2D eigenvalue weighted by Crippen LogP contribution is 2.16. The van der Waals surface area contributed by atoms with E-state index in [1.165, 1.54) is 4.88 Å². The molecule has 26 heavy (non-hydrogen) atoms. The molecule has 0 spiro atoms. The van der Waals surface area contributed by atoms with Crippen molar-refractivity contribution >= 4 is 23.1 Å². The number of ether oxygens (including phenoxy) is 1. The lowest BCUT2D eigenvalue weighted by Gasteiger charge is -2.08. The lowest BCUT2D eigenvalue weighted by Crippen LogP contribution is -2.32. The van der Waals surface area contributed by atoms with Gasteiger partial charge in [0.2, 0.25) is 11.5 Å². The Morgan fingerprint density at radius 1 is 1.19 bits per heavy atom. The van der Waals surface area contributed by atoms with Gasteiger partial charge in [-0.3, -0.25) is 4.79 Å². The molecule has 4 N–H and O–H groups in total. The smallest absolute Gasteiger partial charge is 0.277 e. The van der Waals surface area contributed by atoms with Crippen molar-refractivity contribution in [1.82, 2.24) is 20.9 Å². The Hall–Kier alpha value is -2.91. The van der Waals surface area contributed by atoms with Crippen LogP contribution in [0.3, 0.4) is 0 Å². The third-order valence-electron chi connectivity index (χ3n) is 3.53. The van der Waals surface area contributed by atoms with Gasteiger partial charge in [-0.15, -0.1) is 11.3 Å². The first-order valence-corrected chi connectivity index (χ1v) is 8.91. The van der Waals surface area contributed by atoms with Crippen molar-refractivity contribution in [2.24, 2.45) is 0 Å². The first-order valence-electron chi connectivity index (χ1n) is 8.03. The summed E-state index contributed by atoms with van der Waals surface area (Å²) in [5, 5.41) is 14.8. The molecule has 8 nitrogen and oxygen atoms in total. The molecule has 136 valence electrons. The van der Waals surface area contributed by atoms with Gasteiger partial charge in [-0.05, 0) is 39.5 Å². The molecule has 0 atom stereocenters. The summed E-state index contributed by atoms with van der Waals surface area (Å²) in [5.41, 5.74) is 6.59. The summed E-state index contributed by atoms with van der Waals surface area (Å²) >= 11 is 1.68. The van der Waals surface area contributed by atoms with Crippen LogP contribution in [-0.2, 0) is 13.2 Å². The Labute approximate surface area is 154 Å². The van der Waals surface area contributed by atoms with E-state index in [-0.39, 0.29) is 11.5 Å². The lowest BCUT2D eigenvalue weighted by molar-refractivity contribution is 0.0944. The second-order valence-corrected chi connectivity index (χ2v) is 6.47. The molecule has 1 amide bonds. The van der Waals surface area contributed by atoms with Crippen LogP contribution in [0.1, 0.15) is 20.9 Å². The number of aromatic nitrogens is 2. The first-order chi connectivity index (χ1) is 12.7. The minimum Gasteiger partial charge on any atom is -0.488 e. The summed E-state index contributed by atoms with van der Waals surface area (Å²) in [6, 6.07) is 12.0. The van der Waals surface area contributed by atoms with Gasteiger partial charge in [-0.25, -0.2) is 4.63 Å². The third kappa shape index (κ3) is 5.04. The predicted octanol–water partition coefficient (Wildman–Crippen LogP) is 1.81. The van der Waals surface area contributed by atoms with E-state index in [1.807, 2.05) is 35.7 Å². The van der Waals surface area contributed by atoms with E-state index in [4.69, 9.17) is 10.5 Å². The van der Waals surface area contributed by atoms with Gasteiger partial charge in [-0.2, -0.15) is 0 Å². The van der Waals surface area contributed by atoms with Crippen LogP contribution in [-0.4, -0.2) is 29.3 Å². The van der Waals surface area contributed by atoms with Crippen LogP contribution in [0, 0.1) is 0 Å². The zero-order valence-electron chi connectivity index (χ0n) is 14.0. The van der Waals surface area contributed by atoms with Crippen molar-refractivity contribution in [2.45, 2.75) is 13.2 Å². The zero-order chi connectivity index (χ0) is 18.2. The number of nitrogen functional groups attached to an aromatic ring is 1. The molecule has 0 saturated carbocycles. The number of carbonyl (C=O) groups is 1. The number of amides is 1. The van der Waals surface area contributed by atoms with Gasteiger partial charge >= 0.3 is 0 Å². The van der Waals surface area contributed by atoms with Crippen LogP contribution in [0.2, 0.25) is 0 Å². The summed E-state index contributed by atoms with van der Waals surface area (Å²) in [7, 11) is 0. The number of rotatable bonds is 9. The van der Waals surface area contributed by atoms with Crippen LogP contribution in [0.25, 0.3) is 0 Å². The molecule has 0 saturated heterocycles. The number of carbonyl (C=O) groups excluding carboxylic acids is 1. The molecule has 3 aromatic rings. The van der Waals surface area contributed by atoms with E-state index in [0.717, 1.165) is 11.3 Å². The van der Waals surface area contributed by atoms with Gasteiger partial charge in [0, 0.05) is 24.5 Å². The van der Waals surface area contributed by atoms with Gasteiger partial charge in [0.15, 0.2) is 0 Å². The zero-order valence-corrected chi connectivity index (χ0v) is 14.8. The van der Waals surface area contributed by atoms with Crippen molar-refractivity contribution in [3.05, 3.63) is 57.9 Å². The second kappa shape index (κ2) is 8.97. The van der Waals surface area contributed by atoms with E-state index in [0.29, 0.717) is 26.2 Å². The second-order valence-electron chi connectivity index (χ2n) is 5.44. The minimum absolute atomic E-state index is 0.00290. The maximum absolute atomic E-state index is 11.7. The summed E-state index contributed by atoms with van der Waals surface area (Å²) in [6.07, 6.45) is 0. The van der Waals surface area contributed by atoms with Crippen molar-refractivity contribution in [1.29, 1.82) is 0 Å². The summed E-state index contributed by atoms with van der Waals surface area (Å²) < 4.78 is 10.1. The molecule has 0 aliphatic heterocycles. The molecule has 1 aromatic carbocycles. The largest absolute Gasteiger partial charge is 0.488 e. The van der Waals surface area contributed by atoms with Gasteiger partial charge in [0.25, 0.3) is 5.91 Å². The van der Waals surface area contributed by atoms with E-state index in [2.05, 4.69) is 31.6 Å². The quantitative estimate of drug-likeness (QED) is 0.490. The van der Waals surface area contributed by atoms with Gasteiger partial charge < -0.3 is 21.1 Å². The van der Waals surface area contributed by atoms with Crippen LogP contribution in [0.15, 0.2) is 46.4 Å². The van der Waals surface area contributed by atoms with E-state index in [1.54, 1.807) is 11.3 Å². The van der Waals surface area contributed by atoms with Crippen LogP contribution in [0.5, 0.6) is 5.75 Å². The Morgan fingerprint density at radius 3 is 2.73 bits per heavy atom. The standard InChI is InChI=1S/C17H19N5O3S/c18-16-15(21-25-22-16)17(23)20-8-7-19-10-12-3-5-13(6-4-12)24-11-14-2-1-9-26-14/h1-6,9,19H,7-8,10-11H2,(H2,18,22)(H,20,23). The Morgan fingerprint density at radius 2 is 2.04 bits per heavy atom. The normalized spacial score (nSPS) is 10.6. The molecule has 0 aliphatic carbocycles. The number of anilines is 1. The summed E-state index contributed by atoms with van der Waals surface area (Å²) in [5.74, 6) is 0.419. The van der Waals surface area contributed by atoms with Crippen molar-refractivity contribution in [3.8, 4) is 5.75 Å². The Kier molecular flexibility index (Phi) is 6.18. The van der Waals surface area contributed by atoms with E-state index in [9.17, 15) is 4.79 Å². The van der Waals surface area contributed by atoms with Crippen LogP contribution >= 0.6 is 11.3 Å². The minimum atomic E-state index is -0.405. The Bertz CT molecular complexity index is 817. The molecule has 0 aliphatic rings. The molecule has 0 unspecified atom stereocenters. The number of thiophene rings is 1. The topological polar surface area (TPSA) is 115 Å². The number of nitrogens with two attached hydrogens (primary N) is 1. The molecular weight excluding hydrogens is 354 g/mol. The average Bonchev–Trinajstić information content (AvgIpc) is 3.32. The van der Waals surface area contributed by atoms with Gasteiger partial charge in [-0.1, -0.05) is 18.2 Å². The van der Waals surface area contributed by atoms with E-state index >= 15 is 0 Å². The van der Waals surface area contributed by atoms with Gasteiger partial charge in [0.05, 0.1) is 0 Å². The van der Waals surface area contributed by atoms with Crippen molar-refractivity contribution in [2.75, 3.05) is 18.8 Å². The fourth-order valence-electron chi connectivity index (χ4n) is 2.19. The molecule has 0 radical (unpaired) electrons. The maximum atomic E-state index is 11.7. The summed E-state index contributed by atoms with van der Waals surface area (Å²) in [4.78, 5) is 12.9. The highest BCUT2D eigenvalue weighted by molar-refractivity contribution is 7.09. The molecular formula is C17H19N5O3S. The molecule has 2 heterocycles. The molecule has 0 fully saturated rings. The first kappa shape index (κ1) is 17.9. The number of nitrogens with one attached hydrogen (secondary N) is 2. The predicted molar refractivity (Wildman–Crippen MR) is 97.8 cm³/mol.